The van der Waals surface area contributed by atoms with Gasteiger partial charge in [-0.3, -0.25) is 4.99 Å². The average molecular weight is 440 g/mol. The highest BCUT2D eigenvalue weighted by molar-refractivity contribution is 9.10. The minimum Gasteiger partial charge on any atom is -0.381 e. The van der Waals surface area contributed by atoms with E-state index in [-0.39, 0.29) is 0 Å². The maximum Gasteiger partial charge on any atom is 0.190 e. The van der Waals surface area contributed by atoms with Crippen LogP contribution in [0, 0.1) is 11.8 Å². The maximum atomic E-state index is 5.74. The molecule has 0 spiro atoms. The summed E-state index contributed by atoms with van der Waals surface area (Å²) in [5.74, 6) is 2.03. The Kier molecular flexibility index (Phi) is 10.8. The van der Waals surface area contributed by atoms with Gasteiger partial charge in [-0.2, -0.15) is 0 Å². The summed E-state index contributed by atoms with van der Waals surface area (Å²) in [4.78, 5) is 4.33. The summed E-state index contributed by atoms with van der Waals surface area (Å²) < 4.78 is 12.2. The molecular weight excluding hydrogens is 406 g/mol. The quantitative estimate of drug-likeness (QED) is 0.314. The summed E-state index contributed by atoms with van der Waals surface area (Å²) in [5.41, 5.74) is 1.37. The van der Waals surface area contributed by atoms with Crippen LogP contribution in [-0.4, -0.2) is 52.5 Å². The Morgan fingerprint density at radius 1 is 1.41 bits per heavy atom. The fourth-order valence-electron chi connectivity index (χ4n) is 3.17. The second-order valence-electron chi connectivity index (χ2n) is 7.15. The van der Waals surface area contributed by atoms with Gasteiger partial charge in [0.25, 0.3) is 0 Å². The first kappa shape index (κ1) is 22.2. The zero-order valence-electron chi connectivity index (χ0n) is 16.7. The molecule has 1 aromatic rings. The molecule has 2 unspecified atom stereocenters. The van der Waals surface area contributed by atoms with Gasteiger partial charge < -0.3 is 20.1 Å². The van der Waals surface area contributed by atoms with Crippen LogP contribution >= 0.6 is 15.9 Å². The predicted molar refractivity (Wildman–Crippen MR) is 115 cm³/mol. The van der Waals surface area contributed by atoms with E-state index in [1.807, 2.05) is 7.05 Å². The lowest BCUT2D eigenvalue weighted by atomic mass is 9.97. The summed E-state index contributed by atoms with van der Waals surface area (Å²) in [6.45, 7) is 7.37. The molecule has 6 heteroatoms. The lowest BCUT2D eigenvalue weighted by molar-refractivity contribution is 0.0888. The van der Waals surface area contributed by atoms with Gasteiger partial charge in [-0.1, -0.05) is 41.4 Å². The molecular formula is C21H34BrN3O2. The molecule has 2 N–H and O–H groups in total. The van der Waals surface area contributed by atoms with Crippen LogP contribution in [0.5, 0.6) is 0 Å². The van der Waals surface area contributed by atoms with Crippen LogP contribution in [0.1, 0.15) is 31.7 Å². The van der Waals surface area contributed by atoms with E-state index in [9.17, 15) is 0 Å². The van der Waals surface area contributed by atoms with Crippen LogP contribution in [0.4, 0.5) is 0 Å². The molecule has 1 saturated heterocycles. The van der Waals surface area contributed by atoms with Crippen LogP contribution in [-0.2, 0) is 15.9 Å². The molecule has 2 rings (SSSR count). The molecule has 2 atom stereocenters. The van der Waals surface area contributed by atoms with Crippen molar-refractivity contribution in [1.82, 2.24) is 10.6 Å². The van der Waals surface area contributed by atoms with Crippen molar-refractivity contribution in [3.05, 3.63) is 34.3 Å². The van der Waals surface area contributed by atoms with Crippen molar-refractivity contribution in [3.8, 4) is 0 Å². The molecule has 0 aromatic heterocycles. The Morgan fingerprint density at radius 3 is 3.00 bits per heavy atom. The summed E-state index contributed by atoms with van der Waals surface area (Å²) in [7, 11) is 1.82. The molecule has 1 heterocycles. The van der Waals surface area contributed by atoms with E-state index in [0.29, 0.717) is 11.8 Å². The number of aliphatic imine (C=N–C) groups is 1. The minimum atomic E-state index is 0.579. The molecule has 27 heavy (non-hydrogen) atoms. The Morgan fingerprint density at radius 2 is 2.30 bits per heavy atom. The molecule has 1 aromatic carbocycles. The van der Waals surface area contributed by atoms with Gasteiger partial charge in [-0.25, -0.2) is 0 Å². The normalized spacial score (nSPS) is 18.5. The minimum absolute atomic E-state index is 0.579. The second kappa shape index (κ2) is 13.1. The highest BCUT2D eigenvalue weighted by Gasteiger charge is 2.15. The summed E-state index contributed by atoms with van der Waals surface area (Å²) >= 11 is 3.55. The van der Waals surface area contributed by atoms with E-state index < -0.39 is 0 Å². The molecule has 1 aliphatic heterocycles. The monoisotopic (exact) mass is 439 g/mol. The first-order chi connectivity index (χ1) is 13.2. The number of rotatable bonds is 11. The molecule has 1 fully saturated rings. The third kappa shape index (κ3) is 9.08. The summed E-state index contributed by atoms with van der Waals surface area (Å²) in [5, 5.41) is 6.84. The van der Waals surface area contributed by atoms with E-state index in [1.165, 1.54) is 5.56 Å². The molecule has 152 valence electrons. The second-order valence-corrected chi connectivity index (χ2v) is 8.06. The molecule has 0 radical (unpaired) electrons. The number of ether oxygens (including phenoxy) is 2. The van der Waals surface area contributed by atoms with Crippen LogP contribution in [0.15, 0.2) is 33.7 Å². The van der Waals surface area contributed by atoms with Gasteiger partial charge >= 0.3 is 0 Å². The maximum absolute atomic E-state index is 5.74. The van der Waals surface area contributed by atoms with Gasteiger partial charge in [-0.15, -0.1) is 0 Å². The van der Waals surface area contributed by atoms with Gasteiger partial charge in [-0.05, 0) is 42.9 Å². The zero-order chi connectivity index (χ0) is 19.3. The number of nitrogens with zero attached hydrogens (tertiary/aromatic N) is 1. The number of nitrogens with one attached hydrogen (secondary N) is 2. The van der Waals surface area contributed by atoms with Crippen LogP contribution < -0.4 is 10.6 Å². The Balaban J connectivity index is 1.59. The van der Waals surface area contributed by atoms with Crippen LogP contribution in [0.25, 0.3) is 0 Å². The third-order valence-electron chi connectivity index (χ3n) is 4.91. The van der Waals surface area contributed by atoms with E-state index >= 15 is 0 Å². The third-order valence-corrected chi connectivity index (χ3v) is 5.40. The van der Waals surface area contributed by atoms with Crippen molar-refractivity contribution >= 4 is 21.9 Å². The van der Waals surface area contributed by atoms with Crippen molar-refractivity contribution in [2.45, 2.75) is 32.6 Å². The number of hydrogen-bond acceptors (Lipinski definition) is 3. The van der Waals surface area contributed by atoms with Crippen molar-refractivity contribution in [1.29, 1.82) is 0 Å². The van der Waals surface area contributed by atoms with Crippen molar-refractivity contribution in [2.75, 3.05) is 46.6 Å². The Bertz CT molecular complexity index is 562. The zero-order valence-corrected chi connectivity index (χ0v) is 18.3. The SMILES string of the molecule is CCC(CNC(=NC)NCCCOCC1CCOC1)Cc1cccc(Br)c1. The van der Waals surface area contributed by atoms with Crippen molar-refractivity contribution < 1.29 is 9.47 Å². The van der Waals surface area contributed by atoms with Crippen molar-refractivity contribution in [2.24, 2.45) is 16.8 Å². The summed E-state index contributed by atoms with van der Waals surface area (Å²) in [6, 6.07) is 8.56. The van der Waals surface area contributed by atoms with Crippen LogP contribution in [0.3, 0.4) is 0 Å². The summed E-state index contributed by atoms with van der Waals surface area (Å²) in [6.07, 6.45) is 4.31. The fourth-order valence-corrected chi connectivity index (χ4v) is 3.61. The Labute approximate surface area is 172 Å². The van der Waals surface area contributed by atoms with E-state index in [0.717, 1.165) is 75.6 Å². The van der Waals surface area contributed by atoms with Gasteiger partial charge in [0.1, 0.15) is 0 Å². The highest BCUT2D eigenvalue weighted by atomic mass is 79.9. The van der Waals surface area contributed by atoms with Crippen molar-refractivity contribution in [3.63, 3.8) is 0 Å². The number of guanidine groups is 1. The van der Waals surface area contributed by atoms with Gasteiger partial charge in [0, 0.05) is 43.7 Å². The average Bonchev–Trinajstić information content (AvgIpc) is 3.19. The standard InChI is InChI=1S/C21H34BrN3O2/c1-3-17(12-18-6-4-7-20(22)13-18)14-25-21(23-2)24-9-5-10-26-15-19-8-11-27-16-19/h4,6-7,13,17,19H,3,5,8-12,14-16H2,1-2H3,(H2,23,24,25). The molecule has 5 nitrogen and oxygen atoms in total. The molecule has 0 bridgehead atoms. The lowest BCUT2D eigenvalue weighted by Crippen LogP contribution is -2.40. The number of halogens is 1. The fraction of sp³-hybridized carbons (Fsp3) is 0.667. The largest absolute Gasteiger partial charge is 0.381 e. The molecule has 1 aliphatic rings. The Hall–Kier alpha value is -1.11. The first-order valence-electron chi connectivity index (χ1n) is 10.1. The molecule has 0 saturated carbocycles. The molecule has 0 aliphatic carbocycles. The lowest BCUT2D eigenvalue weighted by Gasteiger charge is -2.18. The first-order valence-corrected chi connectivity index (χ1v) is 10.8. The van der Waals surface area contributed by atoms with E-state index in [4.69, 9.17) is 9.47 Å². The van der Waals surface area contributed by atoms with Crippen LogP contribution in [0.2, 0.25) is 0 Å². The van der Waals surface area contributed by atoms with Gasteiger partial charge in [0.15, 0.2) is 5.96 Å². The topological polar surface area (TPSA) is 54.9 Å². The smallest absolute Gasteiger partial charge is 0.190 e. The van der Waals surface area contributed by atoms with E-state index in [2.05, 4.69) is 62.7 Å². The number of hydrogen-bond donors (Lipinski definition) is 2. The van der Waals surface area contributed by atoms with E-state index in [1.54, 1.807) is 0 Å². The molecule has 0 amide bonds. The van der Waals surface area contributed by atoms with Gasteiger partial charge in [0.2, 0.25) is 0 Å². The van der Waals surface area contributed by atoms with Gasteiger partial charge in [0.05, 0.1) is 13.2 Å². The number of benzene rings is 1. The highest BCUT2D eigenvalue weighted by Crippen LogP contribution is 2.16. The predicted octanol–water partition coefficient (Wildman–Crippen LogP) is 3.63.